The van der Waals surface area contributed by atoms with E-state index in [4.69, 9.17) is 19.4 Å². The zero-order chi connectivity index (χ0) is 54.3. The number of carbonyl (C=O) groups is 1. The highest BCUT2D eigenvalue weighted by atomic mass is 16.5. The van der Waals surface area contributed by atoms with Crippen LogP contribution in [0.4, 0.5) is 46.3 Å². The first kappa shape index (κ1) is 54.7. The fraction of sp³-hybridized carbons (Fsp3) is 0.327. The normalized spacial score (nSPS) is 11.8. The highest BCUT2D eigenvalue weighted by Crippen LogP contribution is 2.39. The Hall–Kier alpha value is -8.57. The highest BCUT2D eigenvalue weighted by molar-refractivity contribution is 5.99. The number of ether oxygens (including phenoxy) is 2. The summed E-state index contributed by atoms with van der Waals surface area (Å²) in [6.45, 7) is 14.1. The Morgan fingerprint density at radius 2 is 1.18 bits per heavy atom. The van der Waals surface area contributed by atoms with Crippen LogP contribution in [0.15, 0.2) is 122 Å². The molecule has 0 radical (unpaired) electrons. The van der Waals surface area contributed by atoms with E-state index in [-0.39, 0.29) is 34.7 Å². The first-order chi connectivity index (χ1) is 37.3. The van der Waals surface area contributed by atoms with Crippen molar-refractivity contribution in [3.05, 3.63) is 133 Å². The molecule has 0 aliphatic carbocycles. The lowest BCUT2D eigenvalue weighted by Crippen LogP contribution is -2.40. The first-order valence-electron chi connectivity index (χ1n) is 25.5. The van der Waals surface area contributed by atoms with E-state index >= 15 is 0 Å². The molecule has 1 atom stereocenters. The summed E-state index contributed by atoms with van der Waals surface area (Å²) in [6.07, 6.45) is 12.8. The minimum Gasteiger partial charge on any atom is -0.494 e. The number of hydrazine groups is 1. The van der Waals surface area contributed by atoms with Gasteiger partial charge in [0.25, 0.3) is 5.91 Å². The summed E-state index contributed by atoms with van der Waals surface area (Å²) < 4.78 is 15.6. The van der Waals surface area contributed by atoms with Crippen LogP contribution in [0, 0.1) is 11.8 Å². The van der Waals surface area contributed by atoms with Gasteiger partial charge >= 0.3 is 0 Å². The third kappa shape index (κ3) is 14.8. The highest BCUT2D eigenvalue weighted by Gasteiger charge is 2.23. The smallest absolute Gasteiger partial charge is 0.270 e. The lowest BCUT2D eigenvalue weighted by molar-refractivity contribution is 0.0804. The molecule has 7 N–H and O–H groups in total. The summed E-state index contributed by atoms with van der Waals surface area (Å²) in [5, 5.41) is 34.2. The molecule has 22 heteroatoms. The third-order valence-corrected chi connectivity index (χ3v) is 12.0. The van der Waals surface area contributed by atoms with Crippen LogP contribution in [0.5, 0.6) is 11.5 Å². The van der Waals surface area contributed by atoms with E-state index in [9.17, 15) is 9.90 Å². The molecule has 22 nitrogen and oxygen atoms in total. The number of methoxy groups -OCH3 is 2. The summed E-state index contributed by atoms with van der Waals surface area (Å²) in [6, 6.07) is 22.4. The molecule has 0 saturated carbocycles. The first-order valence-corrected chi connectivity index (χ1v) is 25.5. The van der Waals surface area contributed by atoms with Crippen molar-refractivity contribution in [2.45, 2.75) is 53.4 Å². The van der Waals surface area contributed by atoms with Crippen LogP contribution >= 0.6 is 0 Å². The molecular weight excluding hydrogens is 977 g/mol. The fourth-order valence-corrected chi connectivity index (χ4v) is 8.59. The summed E-state index contributed by atoms with van der Waals surface area (Å²) in [5.74, 6) is 2.09. The number of aliphatic hydroxyl groups excluding tert-OH is 1. The van der Waals surface area contributed by atoms with Gasteiger partial charge in [0.05, 0.1) is 72.9 Å². The van der Waals surface area contributed by atoms with Crippen molar-refractivity contribution in [1.29, 1.82) is 0 Å². The Bertz CT molecular complexity index is 3160. The Morgan fingerprint density at radius 1 is 0.636 bits per heavy atom. The van der Waals surface area contributed by atoms with Gasteiger partial charge in [-0.05, 0) is 87.4 Å². The van der Waals surface area contributed by atoms with Crippen molar-refractivity contribution in [3.8, 4) is 34.0 Å². The number of benzene rings is 2. The Morgan fingerprint density at radius 3 is 1.71 bits per heavy atom. The fourth-order valence-electron chi connectivity index (χ4n) is 8.59. The van der Waals surface area contributed by atoms with E-state index in [0.717, 1.165) is 44.7 Å². The Kier molecular flexibility index (Phi) is 18.7. The van der Waals surface area contributed by atoms with Crippen LogP contribution in [0.2, 0.25) is 0 Å². The number of nitrogens with one attached hydrogen (secondary N) is 6. The molecule has 77 heavy (non-hydrogen) atoms. The standard InChI is InChI=1S/C55H68N18O4/c1-36(2)32-71(33-37(3)4)26-27-73-35-39(29-61-73)63-55-59-31-43(51(67-55)65-47-21-14-17-41(49(47)77-8)45-19-10-12-23-57-45)53(75)69-68-52(74)42-30-58-54(62-38-28-60-72(34-38)25-15-24-70(5)6)66-50(42)64-46-20-13-16-40(48(46)76-7)44-18-9-11-22-56-44/h9-14,16-23,28-31,34-37,53,69,75H,15,24-27,32-33H2,1-8H3,(H,68,74)(H2,58,62,64,66)(H2,59,63,65,67). The molecule has 402 valence electrons. The third-order valence-electron chi connectivity index (χ3n) is 12.0. The van der Waals surface area contributed by atoms with E-state index in [1.807, 2.05) is 103 Å². The van der Waals surface area contributed by atoms with Crippen molar-refractivity contribution >= 4 is 52.2 Å². The molecule has 2 aromatic carbocycles. The second-order valence-electron chi connectivity index (χ2n) is 19.3. The van der Waals surface area contributed by atoms with Gasteiger partial charge in [-0.3, -0.25) is 29.6 Å². The number of aliphatic hydroxyl groups is 1. The number of aryl methyl sites for hydroxylation is 1. The zero-order valence-electron chi connectivity index (χ0n) is 44.8. The summed E-state index contributed by atoms with van der Waals surface area (Å²) in [7, 11) is 7.19. The molecule has 8 aromatic rings. The number of aromatic nitrogens is 10. The van der Waals surface area contributed by atoms with Crippen LogP contribution in [0.1, 0.15) is 56.3 Å². The van der Waals surface area contributed by atoms with Gasteiger partial charge in [-0.1, -0.05) is 52.0 Å². The average molecular weight is 1050 g/mol. The number of rotatable bonds is 27. The van der Waals surface area contributed by atoms with Gasteiger partial charge in [-0.25, -0.2) is 15.4 Å². The van der Waals surface area contributed by atoms with Gasteiger partial charge in [0.2, 0.25) is 11.9 Å². The average Bonchev–Trinajstić information content (AvgIpc) is 4.09. The summed E-state index contributed by atoms with van der Waals surface area (Å²) in [5.41, 5.74) is 10.8. The molecular formula is C55H68N18O4. The van der Waals surface area contributed by atoms with Crippen molar-refractivity contribution in [1.82, 2.24) is 70.1 Å². The van der Waals surface area contributed by atoms with E-state index in [2.05, 4.69) is 99.7 Å². The Labute approximate surface area is 448 Å². The van der Waals surface area contributed by atoms with Crippen LogP contribution in [0.3, 0.4) is 0 Å². The van der Waals surface area contributed by atoms with Gasteiger partial charge in [0.15, 0.2) is 17.7 Å². The number of amides is 1. The molecule has 6 aromatic heterocycles. The maximum absolute atomic E-state index is 14.4. The molecule has 6 heterocycles. The quantitative estimate of drug-likeness (QED) is 0.0189. The number of para-hydroxylation sites is 2. The predicted octanol–water partition coefficient (Wildman–Crippen LogP) is 8.27. The van der Waals surface area contributed by atoms with Crippen LogP contribution in [-0.2, 0) is 13.1 Å². The minimum absolute atomic E-state index is 0.0261. The van der Waals surface area contributed by atoms with E-state index < -0.39 is 12.1 Å². The van der Waals surface area contributed by atoms with Crippen LogP contribution < -0.4 is 41.6 Å². The second kappa shape index (κ2) is 26.3. The lowest BCUT2D eigenvalue weighted by Gasteiger charge is -2.25. The number of pyridine rings is 2. The molecule has 0 saturated heterocycles. The van der Waals surface area contributed by atoms with Crippen molar-refractivity contribution in [2.24, 2.45) is 11.8 Å². The van der Waals surface area contributed by atoms with Gasteiger partial charge in [-0.15, -0.1) is 0 Å². The van der Waals surface area contributed by atoms with E-state index in [1.54, 1.807) is 45.1 Å². The maximum atomic E-state index is 14.4. The largest absolute Gasteiger partial charge is 0.494 e. The SMILES string of the molecule is COc1c(Nc2nc(Nc3cnn(CCCN(C)C)c3)ncc2C(=O)NNC(O)c2cnc(Nc3cnn(CCN(CC(C)C)CC(C)C)c3)nc2Nc2cccc(-c3ccccn3)c2OC)cccc1-c1ccccn1. The second-order valence-corrected chi connectivity index (χ2v) is 19.3. The molecule has 0 bridgehead atoms. The van der Waals surface area contributed by atoms with Crippen molar-refractivity contribution < 1.29 is 19.4 Å². The van der Waals surface area contributed by atoms with Gasteiger partial charge in [-0.2, -0.15) is 20.2 Å². The summed E-state index contributed by atoms with van der Waals surface area (Å²) >= 11 is 0. The molecule has 0 spiro atoms. The molecule has 0 aliphatic rings. The topological polar surface area (TPSA) is 247 Å². The van der Waals surface area contributed by atoms with Crippen LogP contribution in [-0.4, -0.2) is 125 Å². The monoisotopic (exact) mass is 1040 g/mol. The van der Waals surface area contributed by atoms with Crippen molar-refractivity contribution in [2.75, 3.05) is 75.8 Å². The number of carbonyl (C=O) groups excluding carboxylic acids is 1. The molecule has 1 unspecified atom stereocenters. The van der Waals surface area contributed by atoms with Crippen molar-refractivity contribution in [3.63, 3.8) is 0 Å². The zero-order valence-corrected chi connectivity index (χ0v) is 44.8. The van der Waals surface area contributed by atoms with Gasteiger partial charge in [0, 0.05) is 74.5 Å². The number of nitrogens with zero attached hydrogens (tertiary/aromatic N) is 12. The number of hydrogen-bond acceptors (Lipinski definition) is 19. The Balaban J connectivity index is 1.06. The summed E-state index contributed by atoms with van der Waals surface area (Å²) in [4.78, 5) is 46.7. The molecule has 0 fully saturated rings. The maximum Gasteiger partial charge on any atom is 0.270 e. The molecule has 0 aliphatic heterocycles. The van der Waals surface area contributed by atoms with Gasteiger partial charge < -0.3 is 45.6 Å². The predicted molar refractivity (Wildman–Crippen MR) is 299 cm³/mol. The number of hydrogen-bond donors (Lipinski definition) is 7. The van der Waals surface area contributed by atoms with E-state index in [1.165, 1.54) is 12.4 Å². The van der Waals surface area contributed by atoms with Crippen LogP contribution in [0.25, 0.3) is 22.5 Å². The van der Waals surface area contributed by atoms with Gasteiger partial charge in [0.1, 0.15) is 17.2 Å². The molecule has 1 amide bonds. The van der Waals surface area contributed by atoms with E-state index in [0.29, 0.717) is 69.6 Å². The molecule has 8 rings (SSSR count). The minimum atomic E-state index is -1.56. The lowest BCUT2D eigenvalue weighted by atomic mass is 10.1. The number of anilines is 8.